The predicted octanol–water partition coefficient (Wildman–Crippen LogP) is 3.03. The first-order valence-electron chi connectivity index (χ1n) is 6.92. The monoisotopic (exact) mass is 291 g/mol. The van der Waals surface area contributed by atoms with Crippen molar-refractivity contribution in [3.05, 3.63) is 28.8 Å². The van der Waals surface area contributed by atoms with Gasteiger partial charge in [-0.2, -0.15) is 5.26 Å². The summed E-state index contributed by atoms with van der Waals surface area (Å²) < 4.78 is 0. The second kappa shape index (κ2) is 7.16. The number of nitriles is 1. The van der Waals surface area contributed by atoms with Crippen LogP contribution in [-0.4, -0.2) is 30.4 Å². The molecule has 1 heterocycles. The minimum absolute atomic E-state index is 0.196. The summed E-state index contributed by atoms with van der Waals surface area (Å²) in [7, 11) is 0. The summed E-state index contributed by atoms with van der Waals surface area (Å²) in [5.41, 5.74) is 1.29. The van der Waals surface area contributed by atoms with Gasteiger partial charge in [-0.3, -0.25) is 4.79 Å². The van der Waals surface area contributed by atoms with Crippen LogP contribution in [0.15, 0.2) is 18.2 Å². The maximum Gasteiger partial charge on any atom is 0.224 e. The fourth-order valence-electron chi connectivity index (χ4n) is 2.33. The van der Waals surface area contributed by atoms with Gasteiger partial charge < -0.3 is 10.2 Å². The largest absolute Gasteiger partial charge is 0.383 e. The van der Waals surface area contributed by atoms with E-state index in [0.29, 0.717) is 23.6 Å². The van der Waals surface area contributed by atoms with E-state index >= 15 is 0 Å². The van der Waals surface area contributed by atoms with Gasteiger partial charge in [0.1, 0.15) is 0 Å². The highest BCUT2D eigenvalue weighted by atomic mass is 35.5. The fraction of sp³-hybridized carbons (Fsp3) is 0.467. The molecule has 0 saturated carbocycles. The Balaban J connectivity index is 1.80. The number of nitrogens with one attached hydrogen (secondary N) is 1. The van der Waals surface area contributed by atoms with Crippen LogP contribution in [0.5, 0.6) is 0 Å². The summed E-state index contributed by atoms with van der Waals surface area (Å²) in [6, 6.07) is 7.14. The first kappa shape index (κ1) is 14.7. The van der Waals surface area contributed by atoms with Crippen molar-refractivity contribution in [3.63, 3.8) is 0 Å². The molecule has 5 heteroatoms. The number of likely N-dealkylation sites (tertiary alicyclic amines) is 1. The van der Waals surface area contributed by atoms with Crippen molar-refractivity contribution in [1.82, 2.24) is 4.90 Å². The number of hydrogen-bond donors (Lipinski definition) is 1. The summed E-state index contributed by atoms with van der Waals surface area (Å²) in [4.78, 5) is 13.9. The Labute approximate surface area is 124 Å². The zero-order valence-electron chi connectivity index (χ0n) is 11.4. The molecular formula is C15H18ClN3O. The molecule has 1 fully saturated rings. The fourth-order valence-corrected chi connectivity index (χ4v) is 2.58. The smallest absolute Gasteiger partial charge is 0.224 e. The molecule has 1 saturated heterocycles. The number of hydrogen-bond acceptors (Lipinski definition) is 3. The van der Waals surface area contributed by atoms with Crippen LogP contribution in [0.4, 0.5) is 5.69 Å². The molecule has 1 aliphatic rings. The average Bonchev–Trinajstić information content (AvgIpc) is 2.49. The lowest BCUT2D eigenvalue weighted by atomic mass is 10.1. The molecule has 0 aliphatic carbocycles. The summed E-state index contributed by atoms with van der Waals surface area (Å²) in [5, 5.41) is 12.4. The van der Waals surface area contributed by atoms with Crippen molar-refractivity contribution in [3.8, 4) is 6.07 Å². The van der Waals surface area contributed by atoms with E-state index in [2.05, 4.69) is 5.32 Å². The number of rotatable bonds is 4. The first-order chi connectivity index (χ1) is 9.70. The van der Waals surface area contributed by atoms with Crippen LogP contribution in [0.1, 0.15) is 31.2 Å². The molecular weight excluding hydrogens is 274 g/mol. The van der Waals surface area contributed by atoms with E-state index in [9.17, 15) is 4.79 Å². The van der Waals surface area contributed by atoms with Gasteiger partial charge in [0.2, 0.25) is 5.91 Å². The third kappa shape index (κ3) is 3.88. The van der Waals surface area contributed by atoms with Gasteiger partial charge in [0.25, 0.3) is 0 Å². The Kier molecular flexibility index (Phi) is 5.25. The number of carbonyl (C=O) groups excluding carboxylic acids is 1. The Morgan fingerprint density at radius 2 is 2.10 bits per heavy atom. The first-order valence-corrected chi connectivity index (χ1v) is 7.30. The summed E-state index contributed by atoms with van der Waals surface area (Å²) >= 11 is 6.06. The highest BCUT2D eigenvalue weighted by Gasteiger charge is 2.15. The van der Waals surface area contributed by atoms with Crippen molar-refractivity contribution in [2.75, 3.05) is 25.0 Å². The number of benzene rings is 1. The lowest BCUT2D eigenvalue weighted by Crippen LogP contribution is -2.36. The lowest BCUT2D eigenvalue weighted by Gasteiger charge is -2.26. The van der Waals surface area contributed by atoms with Crippen molar-refractivity contribution < 1.29 is 4.79 Å². The van der Waals surface area contributed by atoms with Gasteiger partial charge in [-0.25, -0.2) is 0 Å². The summed E-state index contributed by atoms with van der Waals surface area (Å²) in [6.45, 7) is 2.33. The molecule has 0 radical (unpaired) electrons. The topological polar surface area (TPSA) is 56.1 Å². The molecule has 1 N–H and O–H groups in total. The number of halogens is 1. The van der Waals surface area contributed by atoms with E-state index in [4.69, 9.17) is 16.9 Å². The van der Waals surface area contributed by atoms with E-state index in [1.165, 1.54) is 6.42 Å². The molecule has 0 spiro atoms. The van der Waals surface area contributed by atoms with Crippen molar-refractivity contribution in [1.29, 1.82) is 5.26 Å². The van der Waals surface area contributed by atoms with Crippen LogP contribution in [0.25, 0.3) is 0 Å². The lowest BCUT2D eigenvalue weighted by molar-refractivity contribution is -0.131. The predicted molar refractivity (Wildman–Crippen MR) is 79.7 cm³/mol. The molecule has 1 aromatic rings. The number of amides is 1. The normalized spacial score (nSPS) is 14.7. The standard InChI is InChI=1S/C15H18ClN3O/c16-13-10-12(11-17)4-5-14(13)18-7-6-15(20)19-8-2-1-3-9-19/h4-5,10,18H,1-3,6-9H2. The van der Waals surface area contributed by atoms with E-state index < -0.39 is 0 Å². The highest BCUT2D eigenvalue weighted by Crippen LogP contribution is 2.22. The van der Waals surface area contributed by atoms with Gasteiger partial charge in [0.15, 0.2) is 0 Å². The average molecular weight is 292 g/mol. The maximum absolute atomic E-state index is 12.0. The molecule has 0 atom stereocenters. The summed E-state index contributed by atoms with van der Waals surface area (Å²) in [5.74, 6) is 0.196. The van der Waals surface area contributed by atoms with Crippen LogP contribution in [-0.2, 0) is 4.79 Å². The van der Waals surface area contributed by atoms with Gasteiger partial charge in [-0.1, -0.05) is 11.6 Å². The third-order valence-corrected chi connectivity index (χ3v) is 3.77. The van der Waals surface area contributed by atoms with Crippen LogP contribution in [0, 0.1) is 11.3 Å². The molecule has 2 rings (SSSR count). The quantitative estimate of drug-likeness (QED) is 0.928. The Morgan fingerprint density at radius 1 is 1.35 bits per heavy atom. The minimum Gasteiger partial charge on any atom is -0.383 e. The summed E-state index contributed by atoms with van der Waals surface area (Å²) in [6.07, 6.45) is 3.92. The zero-order chi connectivity index (χ0) is 14.4. The highest BCUT2D eigenvalue weighted by molar-refractivity contribution is 6.33. The molecule has 1 aromatic carbocycles. The third-order valence-electron chi connectivity index (χ3n) is 3.46. The van der Waals surface area contributed by atoms with Gasteiger partial charge in [0, 0.05) is 26.1 Å². The Hall–Kier alpha value is -1.73. The second-order valence-electron chi connectivity index (χ2n) is 4.92. The second-order valence-corrected chi connectivity index (χ2v) is 5.33. The molecule has 0 unspecified atom stereocenters. The van der Waals surface area contributed by atoms with Crippen molar-refractivity contribution in [2.45, 2.75) is 25.7 Å². The van der Waals surface area contributed by atoms with E-state index in [-0.39, 0.29) is 5.91 Å². The van der Waals surface area contributed by atoms with Crippen LogP contribution < -0.4 is 5.32 Å². The molecule has 1 amide bonds. The molecule has 0 aromatic heterocycles. The minimum atomic E-state index is 0.196. The van der Waals surface area contributed by atoms with E-state index in [1.807, 2.05) is 11.0 Å². The van der Waals surface area contributed by atoms with Gasteiger partial charge in [-0.05, 0) is 37.5 Å². The number of anilines is 1. The maximum atomic E-state index is 12.0. The number of piperidine rings is 1. The van der Waals surface area contributed by atoms with Crippen LogP contribution >= 0.6 is 11.6 Å². The molecule has 106 valence electrons. The molecule has 4 nitrogen and oxygen atoms in total. The molecule has 0 bridgehead atoms. The van der Waals surface area contributed by atoms with Crippen LogP contribution in [0.2, 0.25) is 5.02 Å². The zero-order valence-corrected chi connectivity index (χ0v) is 12.1. The Bertz CT molecular complexity index is 518. The van der Waals surface area contributed by atoms with Crippen LogP contribution in [0.3, 0.4) is 0 Å². The number of carbonyl (C=O) groups is 1. The van der Waals surface area contributed by atoms with Crippen molar-refractivity contribution in [2.24, 2.45) is 0 Å². The Morgan fingerprint density at radius 3 is 2.75 bits per heavy atom. The van der Waals surface area contributed by atoms with Gasteiger partial charge >= 0.3 is 0 Å². The van der Waals surface area contributed by atoms with Crippen molar-refractivity contribution >= 4 is 23.2 Å². The van der Waals surface area contributed by atoms with E-state index in [0.717, 1.165) is 31.6 Å². The number of nitrogens with zero attached hydrogens (tertiary/aromatic N) is 2. The van der Waals surface area contributed by atoms with Gasteiger partial charge in [0.05, 0.1) is 22.3 Å². The SMILES string of the molecule is N#Cc1ccc(NCCC(=O)N2CCCCC2)c(Cl)c1. The van der Waals surface area contributed by atoms with E-state index in [1.54, 1.807) is 18.2 Å². The molecule has 1 aliphatic heterocycles. The van der Waals surface area contributed by atoms with Gasteiger partial charge in [-0.15, -0.1) is 0 Å². The molecule has 20 heavy (non-hydrogen) atoms.